The lowest BCUT2D eigenvalue weighted by Gasteiger charge is -2.25. The molecule has 0 unspecified atom stereocenters. The molecule has 0 spiro atoms. The summed E-state index contributed by atoms with van der Waals surface area (Å²) in [7, 11) is 0. The van der Waals surface area contributed by atoms with Crippen LogP contribution >= 0.6 is 15.9 Å². The van der Waals surface area contributed by atoms with Crippen molar-refractivity contribution in [2.75, 3.05) is 6.54 Å². The second kappa shape index (κ2) is 5.60. The van der Waals surface area contributed by atoms with E-state index in [2.05, 4.69) is 37.9 Å². The van der Waals surface area contributed by atoms with Crippen LogP contribution in [0.25, 0.3) is 10.9 Å². The van der Waals surface area contributed by atoms with Gasteiger partial charge in [-0.15, -0.1) is 0 Å². The molecule has 1 aliphatic rings. The van der Waals surface area contributed by atoms with E-state index in [1.807, 2.05) is 19.1 Å². The normalized spacial score (nSPS) is 15.3. The Morgan fingerprint density at radius 2 is 2.15 bits per heavy atom. The fourth-order valence-corrected chi connectivity index (χ4v) is 3.30. The summed E-state index contributed by atoms with van der Waals surface area (Å²) in [5.74, 6) is 0.807. The number of halogens is 1. The minimum absolute atomic E-state index is 0.105. The van der Waals surface area contributed by atoms with Crippen LogP contribution in [-0.4, -0.2) is 17.0 Å². The molecule has 0 aliphatic heterocycles. The number of carbonyl (C=O) groups is 1. The maximum atomic E-state index is 12.1. The maximum Gasteiger partial charge on any atom is 0.239 e. The molecule has 1 N–H and O–H groups in total. The van der Waals surface area contributed by atoms with Gasteiger partial charge >= 0.3 is 0 Å². The number of para-hydroxylation sites is 1. The van der Waals surface area contributed by atoms with Crippen LogP contribution in [0.15, 0.2) is 28.7 Å². The summed E-state index contributed by atoms with van der Waals surface area (Å²) in [6, 6.07) is 8.17. The Labute approximate surface area is 127 Å². The number of amides is 1. The molecule has 3 nitrogen and oxygen atoms in total. The lowest BCUT2D eigenvalue weighted by Crippen LogP contribution is -2.34. The zero-order valence-corrected chi connectivity index (χ0v) is 13.2. The highest BCUT2D eigenvalue weighted by molar-refractivity contribution is 9.10. The molecule has 1 aliphatic carbocycles. The Morgan fingerprint density at radius 3 is 2.85 bits per heavy atom. The minimum Gasteiger partial charge on any atom is -0.354 e. The van der Waals surface area contributed by atoms with Crippen molar-refractivity contribution in [1.82, 2.24) is 9.88 Å². The summed E-state index contributed by atoms with van der Waals surface area (Å²) in [6.45, 7) is 3.27. The molecule has 2 aromatic rings. The zero-order valence-electron chi connectivity index (χ0n) is 11.7. The molecule has 106 valence electrons. The van der Waals surface area contributed by atoms with Crippen molar-refractivity contribution >= 4 is 32.7 Å². The topological polar surface area (TPSA) is 34.0 Å². The number of hydrogen-bond donors (Lipinski definition) is 1. The molecule has 0 atom stereocenters. The molecule has 4 heteroatoms. The first-order valence-electron chi connectivity index (χ1n) is 7.17. The minimum atomic E-state index is 0.105. The first-order valence-corrected chi connectivity index (χ1v) is 7.96. The largest absolute Gasteiger partial charge is 0.354 e. The second-order valence-corrected chi connectivity index (χ2v) is 6.40. The molecular weight excluding hydrogens is 316 g/mol. The highest BCUT2D eigenvalue weighted by Crippen LogP contribution is 2.30. The molecule has 1 amide bonds. The van der Waals surface area contributed by atoms with Crippen molar-refractivity contribution < 1.29 is 4.79 Å². The van der Waals surface area contributed by atoms with Gasteiger partial charge in [0.1, 0.15) is 6.54 Å². The molecule has 0 radical (unpaired) electrons. The SMILES string of the molecule is Cc1c(Br)c2ccccc2n1CC(=O)NCC1CCC1. The van der Waals surface area contributed by atoms with Crippen molar-refractivity contribution in [3.63, 3.8) is 0 Å². The van der Waals surface area contributed by atoms with Gasteiger partial charge in [0.2, 0.25) is 5.91 Å². The van der Waals surface area contributed by atoms with Gasteiger partial charge in [-0.2, -0.15) is 0 Å². The third-order valence-corrected chi connectivity index (χ3v) is 5.27. The third-order valence-electron chi connectivity index (χ3n) is 4.27. The first kappa shape index (κ1) is 13.7. The van der Waals surface area contributed by atoms with E-state index in [0.717, 1.165) is 27.6 Å². The summed E-state index contributed by atoms with van der Waals surface area (Å²) < 4.78 is 3.16. The lowest BCUT2D eigenvalue weighted by molar-refractivity contribution is -0.121. The Hall–Kier alpha value is -1.29. The predicted octanol–water partition coefficient (Wildman–Crippen LogP) is 3.63. The number of nitrogens with one attached hydrogen (secondary N) is 1. The van der Waals surface area contributed by atoms with E-state index in [1.165, 1.54) is 19.3 Å². The van der Waals surface area contributed by atoms with E-state index < -0.39 is 0 Å². The number of carbonyl (C=O) groups excluding carboxylic acids is 1. The molecule has 3 rings (SSSR count). The van der Waals surface area contributed by atoms with Crippen molar-refractivity contribution in [1.29, 1.82) is 0 Å². The van der Waals surface area contributed by atoms with Gasteiger partial charge in [0.25, 0.3) is 0 Å². The number of nitrogens with zero attached hydrogens (tertiary/aromatic N) is 1. The fourth-order valence-electron chi connectivity index (χ4n) is 2.75. The molecule has 1 fully saturated rings. The van der Waals surface area contributed by atoms with Gasteiger partial charge < -0.3 is 9.88 Å². The summed E-state index contributed by atoms with van der Waals surface area (Å²) in [6.07, 6.45) is 3.84. The predicted molar refractivity (Wildman–Crippen MR) is 84.7 cm³/mol. The smallest absolute Gasteiger partial charge is 0.239 e. The van der Waals surface area contributed by atoms with Crippen LogP contribution in [0, 0.1) is 12.8 Å². The number of fused-ring (bicyclic) bond motifs is 1. The Morgan fingerprint density at radius 1 is 1.40 bits per heavy atom. The van der Waals surface area contributed by atoms with Crippen molar-refractivity contribution in [3.8, 4) is 0 Å². The van der Waals surface area contributed by atoms with Crippen LogP contribution in [0.3, 0.4) is 0 Å². The van der Waals surface area contributed by atoms with Gasteiger partial charge in [-0.3, -0.25) is 4.79 Å². The molecule has 1 heterocycles. The summed E-state index contributed by atoms with van der Waals surface area (Å²) in [4.78, 5) is 12.1. The highest BCUT2D eigenvalue weighted by Gasteiger charge is 2.19. The van der Waals surface area contributed by atoms with E-state index in [9.17, 15) is 4.79 Å². The lowest BCUT2D eigenvalue weighted by atomic mass is 9.85. The maximum absolute atomic E-state index is 12.1. The van der Waals surface area contributed by atoms with Gasteiger partial charge in [0, 0.05) is 27.6 Å². The average Bonchev–Trinajstić information content (AvgIpc) is 2.63. The Balaban J connectivity index is 1.76. The molecule has 1 saturated carbocycles. The van der Waals surface area contributed by atoms with Crippen LogP contribution in [0.4, 0.5) is 0 Å². The Bertz CT molecular complexity index is 643. The van der Waals surface area contributed by atoms with Crippen LogP contribution in [0.2, 0.25) is 0 Å². The molecule has 1 aromatic heterocycles. The zero-order chi connectivity index (χ0) is 14.1. The van der Waals surface area contributed by atoms with E-state index in [-0.39, 0.29) is 5.91 Å². The quantitative estimate of drug-likeness (QED) is 0.910. The number of aromatic nitrogens is 1. The van der Waals surface area contributed by atoms with Crippen molar-refractivity contribution in [2.24, 2.45) is 5.92 Å². The molecule has 1 aromatic carbocycles. The molecule has 20 heavy (non-hydrogen) atoms. The highest BCUT2D eigenvalue weighted by atomic mass is 79.9. The van der Waals surface area contributed by atoms with Crippen LogP contribution in [-0.2, 0) is 11.3 Å². The fraction of sp³-hybridized carbons (Fsp3) is 0.438. The number of rotatable bonds is 4. The standard InChI is InChI=1S/C16H19BrN2O/c1-11-16(17)13-7-2-3-8-14(13)19(11)10-15(20)18-9-12-5-4-6-12/h2-3,7-8,12H,4-6,9-10H2,1H3,(H,18,20). The van der Waals surface area contributed by atoms with E-state index in [4.69, 9.17) is 0 Å². The average molecular weight is 335 g/mol. The van der Waals surface area contributed by atoms with Gasteiger partial charge in [0.15, 0.2) is 0 Å². The summed E-state index contributed by atoms with van der Waals surface area (Å²) in [5, 5.41) is 4.22. The van der Waals surface area contributed by atoms with Crippen molar-refractivity contribution in [2.45, 2.75) is 32.7 Å². The van der Waals surface area contributed by atoms with Gasteiger partial charge in [-0.1, -0.05) is 24.6 Å². The second-order valence-electron chi connectivity index (χ2n) is 5.60. The van der Waals surface area contributed by atoms with E-state index >= 15 is 0 Å². The number of benzene rings is 1. The van der Waals surface area contributed by atoms with Gasteiger partial charge in [-0.25, -0.2) is 0 Å². The summed E-state index contributed by atoms with van der Waals surface area (Å²) >= 11 is 3.62. The van der Waals surface area contributed by atoms with Crippen LogP contribution in [0.5, 0.6) is 0 Å². The third kappa shape index (κ3) is 2.49. The molecule has 0 saturated heterocycles. The van der Waals surface area contributed by atoms with Crippen LogP contribution < -0.4 is 5.32 Å². The first-order chi connectivity index (χ1) is 9.66. The van der Waals surface area contributed by atoms with E-state index in [1.54, 1.807) is 0 Å². The molecular formula is C16H19BrN2O. The van der Waals surface area contributed by atoms with Gasteiger partial charge in [-0.05, 0) is 47.7 Å². The summed E-state index contributed by atoms with van der Waals surface area (Å²) in [5.41, 5.74) is 2.21. The molecule has 0 bridgehead atoms. The number of hydrogen-bond acceptors (Lipinski definition) is 1. The Kier molecular flexibility index (Phi) is 3.83. The monoisotopic (exact) mass is 334 g/mol. The van der Waals surface area contributed by atoms with E-state index in [0.29, 0.717) is 12.5 Å². The van der Waals surface area contributed by atoms with Gasteiger partial charge in [0.05, 0.1) is 0 Å². The van der Waals surface area contributed by atoms with Crippen molar-refractivity contribution in [3.05, 3.63) is 34.4 Å². The van der Waals surface area contributed by atoms with Crippen LogP contribution in [0.1, 0.15) is 25.0 Å².